The topological polar surface area (TPSA) is 59.4 Å². The fourth-order valence-electron chi connectivity index (χ4n) is 2.88. The van der Waals surface area contributed by atoms with Gasteiger partial charge in [-0.05, 0) is 31.8 Å². The van der Waals surface area contributed by atoms with E-state index in [1.165, 1.54) is 6.42 Å². The normalized spacial score (nSPS) is 24.4. The number of carbonyl (C=O) groups excluding carboxylic acids is 1. The number of carbonyl (C=O) groups is 1. The first-order valence-corrected chi connectivity index (χ1v) is 7.37. The molecule has 1 N–H and O–H groups in total. The Kier molecular flexibility index (Phi) is 5.62. The maximum atomic E-state index is 12.1. The van der Waals surface area contributed by atoms with Gasteiger partial charge in [0.05, 0.1) is 6.07 Å². The first kappa shape index (κ1) is 14.3. The summed E-state index contributed by atoms with van der Waals surface area (Å²) >= 11 is 0. The molecule has 106 valence electrons. The summed E-state index contributed by atoms with van der Waals surface area (Å²) in [6.45, 7) is 6.51. The summed E-state index contributed by atoms with van der Waals surface area (Å²) in [7, 11) is 0. The van der Waals surface area contributed by atoms with Crippen LogP contribution in [0.25, 0.3) is 0 Å². The van der Waals surface area contributed by atoms with Crippen molar-refractivity contribution in [2.45, 2.75) is 25.7 Å². The molecule has 0 spiro atoms. The third kappa shape index (κ3) is 4.48. The van der Waals surface area contributed by atoms with Gasteiger partial charge in [0, 0.05) is 45.6 Å². The predicted molar refractivity (Wildman–Crippen MR) is 73.5 cm³/mol. The number of amides is 1. The van der Waals surface area contributed by atoms with Crippen LogP contribution in [0.2, 0.25) is 0 Å². The van der Waals surface area contributed by atoms with Gasteiger partial charge in [-0.3, -0.25) is 9.69 Å². The van der Waals surface area contributed by atoms with E-state index in [-0.39, 0.29) is 0 Å². The van der Waals surface area contributed by atoms with E-state index in [0.717, 1.165) is 52.2 Å². The Morgan fingerprint density at radius 1 is 1.32 bits per heavy atom. The summed E-state index contributed by atoms with van der Waals surface area (Å²) in [5, 5.41) is 11.9. The van der Waals surface area contributed by atoms with Crippen molar-refractivity contribution in [2.75, 3.05) is 45.8 Å². The molecule has 0 bridgehead atoms. The van der Waals surface area contributed by atoms with E-state index in [1.807, 2.05) is 4.90 Å². The highest BCUT2D eigenvalue weighted by Gasteiger charge is 2.22. The Bertz CT molecular complexity index is 325. The first-order valence-electron chi connectivity index (χ1n) is 7.37. The minimum absolute atomic E-state index is 0.312. The lowest BCUT2D eigenvalue weighted by Crippen LogP contribution is -2.48. The molecular formula is C14H24N4O. The Labute approximate surface area is 115 Å². The lowest BCUT2D eigenvalue weighted by atomic mass is 10.0. The molecule has 2 rings (SSSR count). The minimum Gasteiger partial charge on any atom is -0.340 e. The van der Waals surface area contributed by atoms with Gasteiger partial charge >= 0.3 is 0 Å². The van der Waals surface area contributed by atoms with E-state index < -0.39 is 0 Å². The molecule has 2 aliphatic rings. The number of nitrogens with one attached hydrogen (secondary N) is 1. The van der Waals surface area contributed by atoms with Gasteiger partial charge in [0.2, 0.25) is 5.91 Å². The monoisotopic (exact) mass is 264 g/mol. The van der Waals surface area contributed by atoms with Crippen molar-refractivity contribution in [1.29, 1.82) is 5.26 Å². The number of nitrogens with zero attached hydrogens (tertiary/aromatic N) is 3. The molecule has 1 atom stereocenters. The van der Waals surface area contributed by atoms with E-state index >= 15 is 0 Å². The molecular weight excluding hydrogens is 240 g/mol. The minimum atomic E-state index is 0.312. The van der Waals surface area contributed by atoms with Crippen molar-refractivity contribution in [3.63, 3.8) is 0 Å². The van der Waals surface area contributed by atoms with Gasteiger partial charge in [-0.25, -0.2) is 0 Å². The standard InChI is InChI=1S/C14H24N4O/c15-5-1-7-17-8-10-18(11-9-17)14(19)3-2-13-4-6-16-12-13/h13,16H,1-4,6-12H2. The van der Waals surface area contributed by atoms with Crippen LogP contribution in [0.15, 0.2) is 0 Å². The number of nitriles is 1. The number of hydrogen-bond acceptors (Lipinski definition) is 4. The van der Waals surface area contributed by atoms with Crippen LogP contribution in [0, 0.1) is 17.2 Å². The van der Waals surface area contributed by atoms with Gasteiger partial charge in [0.25, 0.3) is 0 Å². The summed E-state index contributed by atoms with van der Waals surface area (Å²) in [6, 6.07) is 2.17. The fraction of sp³-hybridized carbons (Fsp3) is 0.857. The number of piperazine rings is 1. The lowest BCUT2D eigenvalue weighted by Gasteiger charge is -2.34. The van der Waals surface area contributed by atoms with Crippen LogP contribution in [0.3, 0.4) is 0 Å². The highest BCUT2D eigenvalue weighted by Crippen LogP contribution is 2.15. The average Bonchev–Trinajstić information content (AvgIpc) is 2.96. The van der Waals surface area contributed by atoms with Crippen LogP contribution >= 0.6 is 0 Å². The van der Waals surface area contributed by atoms with Crippen molar-refractivity contribution < 1.29 is 4.79 Å². The zero-order chi connectivity index (χ0) is 13.5. The average molecular weight is 264 g/mol. The highest BCUT2D eigenvalue weighted by atomic mass is 16.2. The van der Waals surface area contributed by atoms with E-state index in [1.54, 1.807) is 0 Å². The molecule has 5 heteroatoms. The molecule has 5 nitrogen and oxygen atoms in total. The molecule has 0 aromatic heterocycles. The fourth-order valence-corrected chi connectivity index (χ4v) is 2.88. The molecule has 2 heterocycles. The van der Waals surface area contributed by atoms with Crippen LogP contribution in [-0.2, 0) is 4.79 Å². The van der Waals surface area contributed by atoms with Crippen LogP contribution in [0.4, 0.5) is 0 Å². The van der Waals surface area contributed by atoms with Crippen LogP contribution < -0.4 is 5.32 Å². The van der Waals surface area contributed by atoms with Gasteiger partial charge in [-0.15, -0.1) is 0 Å². The molecule has 1 unspecified atom stereocenters. The molecule has 0 aromatic rings. The van der Waals surface area contributed by atoms with Crippen LogP contribution in [-0.4, -0.2) is 61.5 Å². The van der Waals surface area contributed by atoms with Gasteiger partial charge in [0.15, 0.2) is 0 Å². The highest BCUT2D eigenvalue weighted by molar-refractivity contribution is 5.76. The summed E-state index contributed by atoms with van der Waals surface area (Å²) in [6.07, 6.45) is 3.53. The second-order valence-corrected chi connectivity index (χ2v) is 5.53. The zero-order valence-corrected chi connectivity index (χ0v) is 11.6. The van der Waals surface area contributed by atoms with Crippen molar-refractivity contribution in [3.05, 3.63) is 0 Å². The Morgan fingerprint density at radius 3 is 2.74 bits per heavy atom. The lowest BCUT2D eigenvalue weighted by molar-refractivity contribution is -0.133. The zero-order valence-electron chi connectivity index (χ0n) is 11.6. The quantitative estimate of drug-likeness (QED) is 0.782. The first-order chi connectivity index (χ1) is 9.29. The molecule has 19 heavy (non-hydrogen) atoms. The number of rotatable bonds is 5. The molecule has 0 aliphatic carbocycles. The van der Waals surface area contributed by atoms with Crippen molar-refractivity contribution in [1.82, 2.24) is 15.1 Å². The maximum Gasteiger partial charge on any atom is 0.222 e. The molecule has 2 fully saturated rings. The summed E-state index contributed by atoms with van der Waals surface area (Å²) in [4.78, 5) is 16.4. The molecule has 2 saturated heterocycles. The Morgan fingerprint density at radius 2 is 2.11 bits per heavy atom. The molecule has 1 amide bonds. The molecule has 0 saturated carbocycles. The summed E-state index contributed by atoms with van der Waals surface area (Å²) < 4.78 is 0. The smallest absolute Gasteiger partial charge is 0.222 e. The van der Waals surface area contributed by atoms with E-state index in [4.69, 9.17) is 5.26 Å². The van der Waals surface area contributed by atoms with Gasteiger partial charge in [-0.2, -0.15) is 5.26 Å². The SMILES string of the molecule is N#CCCN1CCN(C(=O)CCC2CCNC2)CC1. The van der Waals surface area contributed by atoms with E-state index in [9.17, 15) is 4.79 Å². The maximum absolute atomic E-state index is 12.1. The van der Waals surface area contributed by atoms with Crippen molar-refractivity contribution in [2.24, 2.45) is 5.92 Å². The van der Waals surface area contributed by atoms with Crippen LogP contribution in [0.1, 0.15) is 25.7 Å². The van der Waals surface area contributed by atoms with Gasteiger partial charge in [0.1, 0.15) is 0 Å². The Balaban J connectivity index is 1.63. The number of hydrogen-bond donors (Lipinski definition) is 1. The molecule has 0 radical (unpaired) electrons. The molecule has 0 aromatic carbocycles. The second-order valence-electron chi connectivity index (χ2n) is 5.53. The third-order valence-corrected chi connectivity index (χ3v) is 4.19. The van der Waals surface area contributed by atoms with Gasteiger partial charge < -0.3 is 10.2 Å². The predicted octanol–water partition coefficient (Wildman–Crippen LogP) is 0.434. The Hall–Kier alpha value is -1.12. The van der Waals surface area contributed by atoms with Crippen LogP contribution in [0.5, 0.6) is 0 Å². The summed E-state index contributed by atoms with van der Waals surface area (Å²) in [5.41, 5.74) is 0. The summed E-state index contributed by atoms with van der Waals surface area (Å²) in [5.74, 6) is 1.01. The van der Waals surface area contributed by atoms with E-state index in [2.05, 4.69) is 16.3 Å². The van der Waals surface area contributed by atoms with E-state index in [0.29, 0.717) is 24.7 Å². The molecule has 2 aliphatic heterocycles. The van der Waals surface area contributed by atoms with Crippen molar-refractivity contribution in [3.8, 4) is 6.07 Å². The van der Waals surface area contributed by atoms with Gasteiger partial charge in [-0.1, -0.05) is 0 Å². The van der Waals surface area contributed by atoms with Crippen molar-refractivity contribution >= 4 is 5.91 Å². The second kappa shape index (κ2) is 7.46. The third-order valence-electron chi connectivity index (χ3n) is 4.19. The largest absolute Gasteiger partial charge is 0.340 e.